The van der Waals surface area contributed by atoms with Gasteiger partial charge in [-0.3, -0.25) is 0 Å². The van der Waals surface area contributed by atoms with Gasteiger partial charge in [0.05, 0.1) is 31.9 Å². The minimum atomic E-state index is -0.0553. The molecule has 0 fully saturated rings. The quantitative estimate of drug-likeness (QED) is 0.291. The van der Waals surface area contributed by atoms with E-state index in [2.05, 4.69) is 38.2 Å². The molecule has 1 aliphatic carbocycles. The first kappa shape index (κ1) is 31.2. The Hall–Kier alpha value is -5.70. The maximum Gasteiger partial charge on any atom is 0.437 e. The van der Waals surface area contributed by atoms with Crippen LogP contribution in [0.15, 0.2) is 115 Å². The summed E-state index contributed by atoms with van der Waals surface area (Å²) >= 11 is 0. The van der Waals surface area contributed by atoms with E-state index in [9.17, 15) is 10.2 Å². The van der Waals surface area contributed by atoms with Gasteiger partial charge in [0.15, 0.2) is 0 Å². The summed E-state index contributed by atoms with van der Waals surface area (Å²) in [4.78, 5) is 17.0. The molecule has 0 amide bonds. The molecule has 0 aliphatic heterocycles. The number of ether oxygens (including phenoxy) is 1. The van der Waals surface area contributed by atoms with Gasteiger partial charge < -0.3 is 14.9 Å². The first-order chi connectivity index (χ1) is 21.2. The van der Waals surface area contributed by atoms with Crippen LogP contribution in [0, 0.1) is 27.7 Å². The van der Waals surface area contributed by atoms with Crippen LogP contribution >= 0.6 is 0 Å². The average Bonchev–Trinajstić information content (AvgIpc) is 3.50. The van der Waals surface area contributed by atoms with Crippen molar-refractivity contribution in [3.63, 3.8) is 0 Å². The van der Waals surface area contributed by atoms with Crippen molar-refractivity contribution in [1.82, 2.24) is 19.9 Å². The molecule has 4 heterocycles. The Morgan fingerprint density at radius 2 is 1.07 bits per heavy atom. The SMILES string of the molecule is COc1ccc(C=C2C=CC=C2)cc1.Cc1cc(C)nc(-[n+]2cccc([O-])c2)n1.Cc1cc(C)nc(-[n+]2cccc([O-])c2)n1. The third-order valence-electron chi connectivity index (χ3n) is 6.09. The van der Waals surface area contributed by atoms with Crippen LogP contribution in [0.3, 0.4) is 0 Å². The maximum absolute atomic E-state index is 11.2. The van der Waals surface area contributed by atoms with Crippen LogP contribution in [-0.4, -0.2) is 27.0 Å². The Bertz CT molecular complexity index is 1670. The number of hydrogen-bond donors (Lipinski definition) is 0. The molecule has 0 saturated carbocycles. The molecule has 1 aromatic carbocycles. The van der Waals surface area contributed by atoms with Gasteiger partial charge in [-0.1, -0.05) is 80.0 Å². The van der Waals surface area contributed by atoms with E-state index in [4.69, 9.17) is 4.74 Å². The largest absolute Gasteiger partial charge is 0.871 e. The van der Waals surface area contributed by atoms with Crippen LogP contribution in [0.25, 0.3) is 18.0 Å². The Morgan fingerprint density at radius 1 is 0.636 bits per heavy atom. The number of methoxy groups -OCH3 is 1. The van der Waals surface area contributed by atoms with E-state index < -0.39 is 0 Å². The summed E-state index contributed by atoms with van der Waals surface area (Å²) in [7, 11) is 1.68. The fourth-order valence-electron chi connectivity index (χ4n) is 4.18. The highest BCUT2D eigenvalue weighted by Gasteiger charge is 2.12. The summed E-state index contributed by atoms with van der Waals surface area (Å²) in [5.74, 6) is 1.85. The van der Waals surface area contributed by atoms with Crippen molar-refractivity contribution in [3.8, 4) is 29.1 Å². The van der Waals surface area contributed by atoms with Crippen LogP contribution in [0.1, 0.15) is 28.3 Å². The number of benzene rings is 1. The molecule has 5 aromatic rings. The lowest BCUT2D eigenvalue weighted by Gasteiger charge is -2.04. The molecule has 0 radical (unpaired) electrons. The smallest absolute Gasteiger partial charge is 0.437 e. The molecular weight excluding hydrogens is 552 g/mol. The van der Waals surface area contributed by atoms with E-state index in [0.29, 0.717) is 11.9 Å². The van der Waals surface area contributed by atoms with Gasteiger partial charge in [-0.15, -0.1) is 0 Å². The Morgan fingerprint density at radius 3 is 1.45 bits per heavy atom. The number of hydrogen-bond acceptors (Lipinski definition) is 7. The van der Waals surface area contributed by atoms with Gasteiger partial charge in [-0.05, 0) is 69.2 Å². The van der Waals surface area contributed by atoms with Crippen molar-refractivity contribution in [2.24, 2.45) is 0 Å². The van der Waals surface area contributed by atoms with E-state index >= 15 is 0 Å². The van der Waals surface area contributed by atoms with E-state index in [1.807, 2.05) is 76.2 Å². The van der Waals surface area contributed by atoms with Crippen molar-refractivity contribution >= 4 is 6.08 Å². The van der Waals surface area contributed by atoms with E-state index in [1.165, 1.54) is 35.7 Å². The molecule has 9 heteroatoms. The Labute approximate surface area is 257 Å². The molecule has 6 rings (SSSR count). The van der Waals surface area contributed by atoms with Gasteiger partial charge in [0.25, 0.3) is 0 Å². The number of nitrogens with zero attached hydrogens (tertiary/aromatic N) is 6. The summed E-state index contributed by atoms with van der Waals surface area (Å²) in [6.45, 7) is 7.61. The van der Waals surface area contributed by atoms with Crippen molar-refractivity contribution in [2.75, 3.05) is 7.11 Å². The van der Waals surface area contributed by atoms with Crippen molar-refractivity contribution in [1.29, 1.82) is 0 Å². The summed E-state index contributed by atoms with van der Waals surface area (Å²) in [6, 6.07) is 18.2. The van der Waals surface area contributed by atoms with Gasteiger partial charge >= 0.3 is 11.9 Å². The average molecular weight is 587 g/mol. The van der Waals surface area contributed by atoms with Crippen LogP contribution in [0.4, 0.5) is 0 Å². The highest BCUT2D eigenvalue weighted by molar-refractivity contribution is 5.62. The third kappa shape index (κ3) is 9.42. The second kappa shape index (κ2) is 15.0. The first-order valence-electron chi connectivity index (χ1n) is 13.9. The van der Waals surface area contributed by atoms with Crippen molar-refractivity contribution in [3.05, 3.63) is 144 Å². The highest BCUT2D eigenvalue weighted by Crippen LogP contribution is 2.16. The van der Waals surface area contributed by atoms with Crippen LogP contribution in [-0.2, 0) is 0 Å². The van der Waals surface area contributed by atoms with E-state index in [-0.39, 0.29) is 11.5 Å². The molecule has 0 bridgehead atoms. The van der Waals surface area contributed by atoms with Gasteiger partial charge in [-0.2, -0.15) is 0 Å². The second-order valence-corrected chi connectivity index (χ2v) is 9.93. The van der Waals surface area contributed by atoms with Gasteiger partial charge in [0.1, 0.15) is 28.5 Å². The maximum atomic E-state index is 11.2. The summed E-state index contributed by atoms with van der Waals surface area (Å²) in [6.07, 6.45) is 16.8. The Kier molecular flexibility index (Phi) is 10.6. The fraction of sp³-hybridized carbons (Fsp3) is 0.143. The molecule has 4 aromatic heterocycles. The minimum Gasteiger partial charge on any atom is -0.871 e. The Balaban J connectivity index is 0.000000151. The third-order valence-corrected chi connectivity index (χ3v) is 6.09. The lowest BCUT2D eigenvalue weighted by molar-refractivity contribution is -0.607. The number of aryl methyl sites for hydroxylation is 4. The first-order valence-corrected chi connectivity index (χ1v) is 13.9. The van der Waals surface area contributed by atoms with Gasteiger partial charge in [0.2, 0.25) is 0 Å². The summed E-state index contributed by atoms with van der Waals surface area (Å²) in [5.41, 5.74) is 5.98. The van der Waals surface area contributed by atoms with Gasteiger partial charge in [-0.25, -0.2) is 9.13 Å². The number of aromatic nitrogens is 6. The second-order valence-electron chi connectivity index (χ2n) is 9.93. The molecule has 0 N–H and O–H groups in total. The van der Waals surface area contributed by atoms with Crippen LogP contribution < -0.4 is 24.1 Å². The number of rotatable bonds is 4. The topological polar surface area (TPSA) is 115 Å². The molecule has 222 valence electrons. The van der Waals surface area contributed by atoms with E-state index in [1.54, 1.807) is 40.8 Å². The van der Waals surface area contributed by atoms with Gasteiger partial charge in [0, 0.05) is 12.1 Å². The van der Waals surface area contributed by atoms with Crippen molar-refractivity contribution in [2.45, 2.75) is 27.7 Å². The molecular formula is C35H34N6O3. The standard InChI is InChI=1S/C13H12O.2C11H11N3O/c1-14-13-8-6-12(7-9-13)10-11-4-2-3-5-11;2*1-8-6-9(2)13-11(12-8)14-5-3-4-10(15)7-14/h2-10H,1H3;2*3-7H,1-2H3. The van der Waals surface area contributed by atoms with Crippen LogP contribution in [0.2, 0.25) is 0 Å². The predicted molar refractivity (Wildman–Crippen MR) is 164 cm³/mol. The number of pyridine rings is 2. The predicted octanol–water partition coefficient (Wildman–Crippen LogP) is 4.09. The molecule has 44 heavy (non-hydrogen) atoms. The zero-order valence-electron chi connectivity index (χ0n) is 25.4. The lowest BCUT2D eigenvalue weighted by atomic mass is 10.1. The molecule has 0 atom stereocenters. The molecule has 0 unspecified atom stereocenters. The van der Waals surface area contributed by atoms with Crippen molar-refractivity contribution < 1.29 is 24.1 Å². The summed E-state index contributed by atoms with van der Waals surface area (Å²) in [5, 5.41) is 22.3. The molecule has 9 nitrogen and oxygen atoms in total. The summed E-state index contributed by atoms with van der Waals surface area (Å²) < 4.78 is 8.35. The van der Waals surface area contributed by atoms with E-state index in [0.717, 1.165) is 28.5 Å². The molecule has 0 spiro atoms. The molecule has 0 saturated heterocycles. The minimum absolute atomic E-state index is 0.0553. The zero-order valence-corrected chi connectivity index (χ0v) is 25.4. The van der Waals surface area contributed by atoms with Crippen LogP contribution in [0.5, 0.6) is 17.2 Å². The fourth-order valence-corrected chi connectivity index (χ4v) is 4.18. The lowest BCUT2D eigenvalue weighted by Crippen LogP contribution is -2.33. The molecule has 1 aliphatic rings. The highest BCUT2D eigenvalue weighted by atomic mass is 16.5. The monoisotopic (exact) mass is 586 g/mol. The number of allylic oxidation sites excluding steroid dienone is 5. The zero-order chi connectivity index (χ0) is 31.5. The normalized spacial score (nSPS) is 11.2.